The number of rotatable bonds is 15. The molecule has 1 aromatic heterocycles. The molecule has 4 amide bonds. The van der Waals surface area contributed by atoms with Gasteiger partial charge in [0.05, 0.1) is 38.0 Å². The lowest BCUT2D eigenvalue weighted by molar-refractivity contribution is -0.140. The molecule has 2 aromatic rings. The first kappa shape index (κ1) is 35.3. The van der Waals surface area contributed by atoms with E-state index in [1.807, 2.05) is 37.3 Å². The number of hydrogen-bond acceptors (Lipinski definition) is 8. The predicted octanol–water partition coefficient (Wildman–Crippen LogP) is 2.20. The van der Waals surface area contributed by atoms with Crippen molar-refractivity contribution in [3.63, 3.8) is 0 Å². The summed E-state index contributed by atoms with van der Waals surface area (Å²) in [6, 6.07) is 7.80. The molecule has 0 bridgehead atoms. The summed E-state index contributed by atoms with van der Waals surface area (Å²) in [5.41, 5.74) is 1.55. The van der Waals surface area contributed by atoms with Gasteiger partial charge < -0.3 is 40.0 Å². The molecule has 262 valence electrons. The number of aliphatic hydroxyl groups is 1. The first-order valence-electron chi connectivity index (χ1n) is 17.4. The Balaban J connectivity index is 1.34. The van der Waals surface area contributed by atoms with Crippen LogP contribution in [0.5, 0.6) is 0 Å². The number of imidazole rings is 1. The van der Waals surface area contributed by atoms with Gasteiger partial charge in [0.15, 0.2) is 0 Å². The average molecular weight is 667 g/mol. The zero-order valence-electron chi connectivity index (χ0n) is 27.9. The highest BCUT2D eigenvalue weighted by atomic mass is 16.6. The Morgan fingerprint density at radius 2 is 1.79 bits per heavy atom. The monoisotopic (exact) mass is 666 g/mol. The van der Waals surface area contributed by atoms with Crippen molar-refractivity contribution < 1.29 is 33.8 Å². The molecule has 3 aliphatic rings. The molecule has 5 atom stereocenters. The topological polar surface area (TPSA) is 166 Å². The zero-order valence-corrected chi connectivity index (χ0v) is 27.9. The van der Waals surface area contributed by atoms with Gasteiger partial charge in [-0.1, -0.05) is 62.4 Å². The number of likely N-dealkylation sites (N-methyl/N-ethyl adjacent to an activating group) is 1. The molecule has 3 fully saturated rings. The quantitative estimate of drug-likeness (QED) is 0.225. The predicted molar refractivity (Wildman–Crippen MR) is 177 cm³/mol. The molecule has 1 aromatic carbocycles. The lowest BCUT2D eigenvalue weighted by Crippen LogP contribution is -2.57. The van der Waals surface area contributed by atoms with Crippen molar-refractivity contribution >= 4 is 23.8 Å². The van der Waals surface area contributed by atoms with E-state index in [0.717, 1.165) is 37.7 Å². The lowest BCUT2D eigenvalue weighted by Gasteiger charge is -2.33. The Kier molecular flexibility index (Phi) is 12.8. The second-order valence-electron chi connectivity index (χ2n) is 13.2. The number of nitrogens with one attached hydrogen (secondary N) is 3. The first-order chi connectivity index (χ1) is 23.3. The maximum Gasteiger partial charge on any atom is 0.410 e. The fourth-order valence-electron chi connectivity index (χ4n) is 7.00. The van der Waals surface area contributed by atoms with E-state index in [1.54, 1.807) is 11.1 Å². The van der Waals surface area contributed by atoms with Gasteiger partial charge in [-0.05, 0) is 31.2 Å². The van der Waals surface area contributed by atoms with Gasteiger partial charge >= 0.3 is 6.09 Å². The first-order valence-corrected chi connectivity index (χ1v) is 17.4. The van der Waals surface area contributed by atoms with Crippen LogP contribution in [0.4, 0.5) is 4.79 Å². The standard InChI is InChI=1S/C35H50N6O7/c1-2-40-22-30(48-35(40)46)32(43)28(18-25-11-7-4-8-12-25)38-34(45)29(20-27-21-36-23-37-27)39-33(44)26(17-24-9-5-3-6-10-24)19-31(42)41-13-15-47-16-14-41/h3,5-6,9-10,21,23,25-26,28-30,32,43H,2,4,7-8,11-20,22H2,1H3,(H,36,37)(H,38,45)(H,39,44). The third-order valence-electron chi connectivity index (χ3n) is 9.82. The SMILES string of the molecule is CCN1CC(C(O)C(CC2CCCCC2)NC(=O)C(Cc2cnc[nH]2)NC(=O)C(CC(=O)N2CCOCC2)Cc2ccccc2)OC1=O. The summed E-state index contributed by atoms with van der Waals surface area (Å²) in [6.07, 6.45) is 7.03. The van der Waals surface area contributed by atoms with Gasteiger partial charge in [-0.2, -0.15) is 0 Å². The Bertz CT molecular complexity index is 1330. The van der Waals surface area contributed by atoms with E-state index >= 15 is 0 Å². The number of carbonyl (C=O) groups is 4. The minimum Gasteiger partial charge on any atom is -0.441 e. The van der Waals surface area contributed by atoms with Crippen LogP contribution in [0.15, 0.2) is 42.9 Å². The van der Waals surface area contributed by atoms with E-state index in [4.69, 9.17) is 9.47 Å². The number of H-pyrrole nitrogens is 1. The summed E-state index contributed by atoms with van der Waals surface area (Å²) < 4.78 is 10.9. The van der Waals surface area contributed by atoms with E-state index < -0.39 is 48.1 Å². The molecule has 13 nitrogen and oxygen atoms in total. The maximum atomic E-state index is 14.1. The Labute approximate surface area is 282 Å². The van der Waals surface area contributed by atoms with E-state index in [9.17, 15) is 24.3 Å². The molecule has 2 aliphatic heterocycles. The summed E-state index contributed by atoms with van der Waals surface area (Å²) >= 11 is 0. The molecule has 0 radical (unpaired) electrons. The highest BCUT2D eigenvalue weighted by molar-refractivity contribution is 5.91. The summed E-state index contributed by atoms with van der Waals surface area (Å²) in [6.45, 7) is 4.40. The minimum absolute atomic E-state index is 0.0108. The number of morpholine rings is 1. The van der Waals surface area contributed by atoms with Crippen LogP contribution in [-0.2, 0) is 36.7 Å². The van der Waals surface area contributed by atoms with Gasteiger partial charge in [-0.3, -0.25) is 14.4 Å². The second-order valence-corrected chi connectivity index (χ2v) is 13.2. The lowest BCUT2D eigenvalue weighted by atomic mass is 9.83. The third-order valence-corrected chi connectivity index (χ3v) is 9.82. The molecule has 3 heterocycles. The molecular formula is C35H50N6O7. The molecular weight excluding hydrogens is 616 g/mol. The van der Waals surface area contributed by atoms with E-state index in [0.29, 0.717) is 57.3 Å². The van der Waals surface area contributed by atoms with Crippen molar-refractivity contribution in [3.05, 3.63) is 54.1 Å². The molecule has 1 saturated carbocycles. The second kappa shape index (κ2) is 17.4. The van der Waals surface area contributed by atoms with Crippen LogP contribution in [0, 0.1) is 11.8 Å². The van der Waals surface area contributed by atoms with Crippen molar-refractivity contribution in [2.45, 2.75) is 89.0 Å². The van der Waals surface area contributed by atoms with Crippen LogP contribution in [0.3, 0.4) is 0 Å². The van der Waals surface area contributed by atoms with Crippen LogP contribution in [0.1, 0.15) is 63.1 Å². The summed E-state index contributed by atoms with van der Waals surface area (Å²) in [5, 5.41) is 17.5. The number of cyclic esters (lactones) is 1. The van der Waals surface area contributed by atoms with Crippen LogP contribution >= 0.6 is 0 Å². The summed E-state index contributed by atoms with van der Waals surface area (Å²) in [4.78, 5) is 64.2. The number of aromatic amines is 1. The smallest absolute Gasteiger partial charge is 0.410 e. The number of hydrogen-bond donors (Lipinski definition) is 4. The van der Waals surface area contributed by atoms with Crippen LogP contribution in [0.25, 0.3) is 0 Å². The third kappa shape index (κ3) is 9.79. The normalized spacial score (nSPS) is 21.2. The maximum absolute atomic E-state index is 14.1. The van der Waals surface area contributed by atoms with Gasteiger partial charge in [0.1, 0.15) is 18.2 Å². The Morgan fingerprint density at radius 1 is 1.04 bits per heavy atom. The fraction of sp³-hybridized carbons (Fsp3) is 0.629. The van der Waals surface area contributed by atoms with Gasteiger partial charge in [0, 0.05) is 44.4 Å². The minimum atomic E-state index is -1.13. The average Bonchev–Trinajstić information content (AvgIpc) is 3.77. The zero-order chi connectivity index (χ0) is 33.9. The summed E-state index contributed by atoms with van der Waals surface area (Å²) in [7, 11) is 0. The molecule has 4 N–H and O–H groups in total. The number of benzene rings is 1. The van der Waals surface area contributed by atoms with Crippen molar-refractivity contribution in [1.29, 1.82) is 0 Å². The largest absolute Gasteiger partial charge is 0.441 e. The van der Waals surface area contributed by atoms with E-state index in [1.165, 1.54) is 11.2 Å². The van der Waals surface area contributed by atoms with Crippen molar-refractivity contribution in [2.75, 3.05) is 39.4 Å². The number of ether oxygens (including phenoxy) is 2. The molecule has 1 aliphatic carbocycles. The molecule has 5 unspecified atom stereocenters. The molecule has 48 heavy (non-hydrogen) atoms. The number of aliphatic hydroxyl groups excluding tert-OH is 1. The van der Waals surface area contributed by atoms with Crippen molar-refractivity contribution in [1.82, 2.24) is 30.4 Å². The van der Waals surface area contributed by atoms with Crippen molar-refractivity contribution in [2.24, 2.45) is 11.8 Å². The van der Waals surface area contributed by atoms with Gasteiger partial charge in [-0.25, -0.2) is 9.78 Å². The van der Waals surface area contributed by atoms with Gasteiger partial charge in [0.2, 0.25) is 17.7 Å². The fourth-order valence-corrected chi connectivity index (χ4v) is 7.00. The molecule has 2 saturated heterocycles. The number of aromatic nitrogens is 2. The van der Waals surface area contributed by atoms with Gasteiger partial charge in [0.25, 0.3) is 0 Å². The van der Waals surface area contributed by atoms with Crippen molar-refractivity contribution in [3.8, 4) is 0 Å². The number of nitrogens with zero attached hydrogens (tertiary/aromatic N) is 3. The highest BCUT2D eigenvalue weighted by Gasteiger charge is 2.41. The Morgan fingerprint density at radius 3 is 2.46 bits per heavy atom. The highest BCUT2D eigenvalue weighted by Crippen LogP contribution is 2.29. The number of carbonyl (C=O) groups excluding carboxylic acids is 4. The van der Waals surface area contributed by atoms with Gasteiger partial charge in [-0.15, -0.1) is 0 Å². The number of amides is 4. The summed E-state index contributed by atoms with van der Waals surface area (Å²) in [5.74, 6) is -1.42. The van der Waals surface area contributed by atoms with E-state index in [-0.39, 0.29) is 25.3 Å². The van der Waals surface area contributed by atoms with E-state index in [2.05, 4.69) is 20.6 Å². The van der Waals surface area contributed by atoms with Crippen LogP contribution in [0.2, 0.25) is 0 Å². The molecule has 5 rings (SSSR count). The molecule has 13 heteroatoms. The van der Waals surface area contributed by atoms with Crippen LogP contribution in [-0.4, -0.2) is 112 Å². The van der Waals surface area contributed by atoms with Crippen LogP contribution < -0.4 is 10.6 Å². The molecule has 0 spiro atoms. The Hall–Kier alpha value is -3.97.